The molecule has 2 aromatic carbocycles. The number of fused-ring (bicyclic) bond motifs is 3. The number of nitrogens with zero attached hydrogens (tertiary/aromatic N) is 2. The van der Waals surface area contributed by atoms with Gasteiger partial charge in [-0.1, -0.05) is 47.5 Å². The summed E-state index contributed by atoms with van der Waals surface area (Å²) in [7, 11) is 0. The first-order valence-corrected chi connectivity index (χ1v) is 19.0. The van der Waals surface area contributed by atoms with Gasteiger partial charge in [0.25, 0.3) is 0 Å². The van der Waals surface area contributed by atoms with Crippen LogP contribution in [0, 0.1) is 17.8 Å². The summed E-state index contributed by atoms with van der Waals surface area (Å²) in [4.78, 5) is 36.1. The molecule has 0 radical (unpaired) electrons. The summed E-state index contributed by atoms with van der Waals surface area (Å²) in [6, 6.07) is 12.9. The highest BCUT2D eigenvalue weighted by Gasteiger charge is 2.38. The van der Waals surface area contributed by atoms with Crippen molar-refractivity contribution in [2.24, 2.45) is 11.8 Å². The van der Waals surface area contributed by atoms with Crippen LogP contribution in [-0.2, 0) is 27.2 Å². The maximum absolute atomic E-state index is 14.9. The quantitative estimate of drug-likeness (QED) is 0.0919. The van der Waals surface area contributed by atoms with Gasteiger partial charge in [-0.25, -0.2) is 19.6 Å². The minimum Gasteiger partial charge on any atom is -0.489 e. The summed E-state index contributed by atoms with van der Waals surface area (Å²) in [5.74, 6) is -1.46. The number of carbonyl (C=O) groups excluding carboxylic acids is 2. The van der Waals surface area contributed by atoms with Crippen LogP contribution in [0.1, 0.15) is 70.4 Å². The normalized spacial score (nSPS) is 20.1. The average molecular weight is 801 g/mol. The van der Waals surface area contributed by atoms with E-state index in [1.54, 1.807) is 42.7 Å². The molecule has 4 aromatic rings. The summed E-state index contributed by atoms with van der Waals surface area (Å²) in [6.07, 6.45) is 7.12. The first-order chi connectivity index (χ1) is 26.6. The molecule has 0 spiro atoms. The molecule has 4 fully saturated rings. The Morgan fingerprint density at radius 3 is 2.38 bits per heavy atom. The lowest BCUT2D eigenvalue weighted by atomic mass is 9.86. The Morgan fingerprint density at radius 2 is 1.73 bits per heavy atom. The predicted molar refractivity (Wildman–Crippen MR) is 195 cm³/mol. The molecule has 290 valence electrons. The third-order valence-electron chi connectivity index (χ3n) is 10.3. The van der Waals surface area contributed by atoms with Gasteiger partial charge in [0.05, 0.1) is 12.2 Å². The van der Waals surface area contributed by atoms with Crippen LogP contribution in [0.4, 0.5) is 13.2 Å². The smallest absolute Gasteiger partial charge is 0.387 e. The molecule has 2 N–H and O–H groups in total. The molecule has 55 heavy (non-hydrogen) atoms. The Kier molecular flexibility index (Phi) is 12.4. The second-order valence-corrected chi connectivity index (χ2v) is 14.9. The van der Waals surface area contributed by atoms with Crippen molar-refractivity contribution in [2.75, 3.05) is 26.2 Å². The van der Waals surface area contributed by atoms with E-state index >= 15 is 0 Å². The number of piperidine rings is 3. The number of pyridine rings is 2. The highest BCUT2D eigenvalue weighted by molar-refractivity contribution is 6.35. The van der Waals surface area contributed by atoms with Crippen LogP contribution in [0.15, 0.2) is 73.2 Å². The number of carbonyl (C=O) groups is 2. The number of alkyl halides is 2. The number of aromatic amines is 1. The maximum atomic E-state index is 14.9. The molecule has 3 saturated heterocycles. The molecule has 2 bridgehead atoms. The molecule has 3 atom stereocenters. The molecule has 4 aliphatic rings. The van der Waals surface area contributed by atoms with E-state index in [2.05, 4.69) is 20.2 Å². The highest BCUT2D eigenvalue weighted by atomic mass is 35.5. The van der Waals surface area contributed by atoms with Gasteiger partial charge in [-0.15, -0.1) is 0 Å². The topological polar surface area (TPSA) is 113 Å². The van der Waals surface area contributed by atoms with Crippen LogP contribution >= 0.6 is 23.2 Å². The number of hydrogen-bond donors (Lipinski definition) is 1. The molecule has 1 unspecified atom stereocenters. The summed E-state index contributed by atoms with van der Waals surface area (Å²) < 4.78 is 64.0. The standard InChI is InChI=1S/C40H39Cl2F3N4O6/c41-30-19-46-20-31(42)29(30)17-33(27-9-10-32(55-40(44)45)34(16-27)52-22-24-3-4-24)53-38(50)26-7-5-23(6-8-26)18-48-36(28-2-1-13-47-37(28)43)39(51)54-35-21-49-14-11-25(35)12-15-49/h1-2,5-10,13,16,19-20,24-25,33,35-36,40,48H,3-4,11-12,14-15,17-18,21-22H2/p+1/t33-,35-,36?/m0/s1. The molecule has 1 saturated carbocycles. The lowest BCUT2D eigenvalue weighted by molar-refractivity contribution is -0.377. The third kappa shape index (κ3) is 9.88. The van der Waals surface area contributed by atoms with E-state index in [0.717, 1.165) is 38.8 Å². The van der Waals surface area contributed by atoms with E-state index in [1.165, 1.54) is 30.5 Å². The lowest BCUT2D eigenvalue weighted by Crippen LogP contribution is -2.52. The van der Waals surface area contributed by atoms with Crippen LogP contribution in [0.2, 0.25) is 10.0 Å². The fourth-order valence-corrected chi connectivity index (χ4v) is 7.51. The Morgan fingerprint density at radius 1 is 0.982 bits per heavy atom. The first-order valence-electron chi connectivity index (χ1n) is 18.2. The third-order valence-corrected chi connectivity index (χ3v) is 10.9. The zero-order valence-corrected chi connectivity index (χ0v) is 31.2. The SMILES string of the molecule is O=C(O[C@@H](Cc1c(Cl)c[nH+]cc1Cl)c1ccc(OC(F)F)c(OCC2CC2)c1)c1ccc(CNC(C(=O)O[C@H]2CN3CCC2CC3)c2cccnc2F)cc1. The molecule has 15 heteroatoms. The van der Waals surface area contributed by atoms with Crippen molar-refractivity contribution in [3.63, 3.8) is 0 Å². The van der Waals surface area contributed by atoms with E-state index in [1.807, 2.05) is 0 Å². The second kappa shape index (κ2) is 17.6. The lowest BCUT2D eigenvalue weighted by Gasteiger charge is -2.44. The van der Waals surface area contributed by atoms with Crippen LogP contribution in [0.25, 0.3) is 0 Å². The number of nitrogens with one attached hydrogen (secondary N) is 2. The van der Waals surface area contributed by atoms with Gasteiger partial charge in [0.2, 0.25) is 5.95 Å². The van der Waals surface area contributed by atoms with Gasteiger partial charge in [-0.3, -0.25) is 10.2 Å². The Hall–Kier alpha value is -4.43. The predicted octanol–water partition coefficient (Wildman–Crippen LogP) is 7.34. The largest absolute Gasteiger partial charge is 0.489 e. The van der Waals surface area contributed by atoms with Gasteiger partial charge in [-0.05, 0) is 92.1 Å². The van der Waals surface area contributed by atoms with Gasteiger partial charge in [0.15, 0.2) is 23.9 Å². The summed E-state index contributed by atoms with van der Waals surface area (Å²) in [6.45, 7) is 0.0437. The fourth-order valence-electron chi connectivity index (χ4n) is 6.98. The minimum absolute atomic E-state index is 0.0548. The fraction of sp³-hybridized carbons (Fsp3) is 0.400. The Labute approximate surface area is 326 Å². The van der Waals surface area contributed by atoms with Gasteiger partial charge >= 0.3 is 18.6 Å². The number of benzene rings is 2. The molecule has 3 aliphatic heterocycles. The zero-order valence-electron chi connectivity index (χ0n) is 29.7. The van der Waals surface area contributed by atoms with Crippen molar-refractivity contribution < 1.29 is 46.7 Å². The monoisotopic (exact) mass is 799 g/mol. The Balaban J connectivity index is 1.07. The van der Waals surface area contributed by atoms with Crippen LogP contribution in [-0.4, -0.2) is 60.8 Å². The van der Waals surface area contributed by atoms with Gasteiger partial charge in [0, 0.05) is 36.8 Å². The van der Waals surface area contributed by atoms with E-state index in [0.29, 0.717) is 45.8 Å². The minimum atomic E-state index is -3.06. The number of hydrogen-bond acceptors (Lipinski definition) is 9. The second-order valence-electron chi connectivity index (χ2n) is 14.1. The first kappa shape index (κ1) is 38.8. The van der Waals surface area contributed by atoms with Gasteiger partial charge in [-0.2, -0.15) is 13.2 Å². The molecule has 1 aliphatic carbocycles. The van der Waals surface area contributed by atoms with Crippen LogP contribution < -0.4 is 19.8 Å². The van der Waals surface area contributed by atoms with E-state index in [-0.39, 0.29) is 47.6 Å². The number of rotatable bonds is 16. The molecule has 2 aromatic heterocycles. The molecule has 0 amide bonds. The molecule has 8 rings (SSSR count). The van der Waals surface area contributed by atoms with Gasteiger partial charge in [0.1, 0.15) is 28.3 Å². The van der Waals surface area contributed by atoms with E-state index < -0.39 is 36.6 Å². The van der Waals surface area contributed by atoms with Crippen LogP contribution in [0.5, 0.6) is 11.5 Å². The van der Waals surface area contributed by atoms with E-state index in [9.17, 15) is 22.8 Å². The molecular weight excluding hydrogens is 760 g/mol. The van der Waals surface area contributed by atoms with Crippen LogP contribution in [0.3, 0.4) is 0 Å². The zero-order chi connectivity index (χ0) is 38.5. The number of esters is 2. The van der Waals surface area contributed by atoms with E-state index in [4.69, 9.17) is 42.1 Å². The van der Waals surface area contributed by atoms with Crippen molar-refractivity contribution >= 4 is 35.1 Å². The number of H-pyrrole nitrogens is 1. The summed E-state index contributed by atoms with van der Waals surface area (Å²) in [5, 5.41) is 3.75. The van der Waals surface area contributed by atoms with Crippen molar-refractivity contribution in [1.29, 1.82) is 0 Å². The maximum Gasteiger partial charge on any atom is 0.387 e. The summed E-state index contributed by atoms with van der Waals surface area (Å²) in [5.41, 5.74) is 1.93. The molecule has 5 heterocycles. The van der Waals surface area contributed by atoms with Gasteiger partial charge < -0.3 is 18.9 Å². The summed E-state index contributed by atoms with van der Waals surface area (Å²) >= 11 is 12.9. The number of halogens is 5. The average Bonchev–Trinajstić information content (AvgIpc) is 4.01. The van der Waals surface area contributed by atoms with Crippen molar-refractivity contribution in [3.05, 3.63) is 117 Å². The Bertz CT molecular complexity index is 1960. The van der Waals surface area contributed by atoms with Crippen molar-refractivity contribution in [3.8, 4) is 11.5 Å². The highest BCUT2D eigenvalue weighted by Crippen LogP contribution is 2.38. The number of aromatic nitrogens is 2. The number of ether oxygens (including phenoxy) is 4. The molecule has 10 nitrogen and oxygen atoms in total. The van der Waals surface area contributed by atoms with Crippen molar-refractivity contribution in [2.45, 2.75) is 63.5 Å². The molecular formula is C40H40Cl2F3N4O6+. The van der Waals surface area contributed by atoms with Crippen molar-refractivity contribution in [1.82, 2.24) is 15.2 Å².